The standard InChI is InChI=1S/C19H21N3O/c1-3-12-22(18-6-4-5-7-19(18)23-2)17-10-8-15(9-11-17)16-13-20-21-14-16/h4-11,13-14H,3,12H2,1-2H3,(H,20,21). The maximum atomic E-state index is 5.52. The molecule has 4 nitrogen and oxygen atoms in total. The summed E-state index contributed by atoms with van der Waals surface area (Å²) in [5.74, 6) is 0.889. The molecule has 0 spiro atoms. The van der Waals surface area contributed by atoms with Crippen LogP contribution in [0.25, 0.3) is 11.1 Å². The lowest BCUT2D eigenvalue weighted by Gasteiger charge is -2.26. The Balaban J connectivity index is 1.95. The van der Waals surface area contributed by atoms with Gasteiger partial charge in [-0.25, -0.2) is 0 Å². The normalized spacial score (nSPS) is 10.5. The molecule has 1 heterocycles. The molecule has 0 radical (unpaired) electrons. The first-order valence-electron chi connectivity index (χ1n) is 7.83. The molecule has 2 aromatic carbocycles. The largest absolute Gasteiger partial charge is 0.495 e. The van der Waals surface area contributed by atoms with Gasteiger partial charge in [0.2, 0.25) is 0 Å². The van der Waals surface area contributed by atoms with Gasteiger partial charge in [-0.2, -0.15) is 5.10 Å². The molecule has 1 N–H and O–H groups in total. The van der Waals surface area contributed by atoms with E-state index in [9.17, 15) is 0 Å². The van der Waals surface area contributed by atoms with Crippen molar-refractivity contribution in [1.82, 2.24) is 10.2 Å². The number of methoxy groups -OCH3 is 1. The number of benzene rings is 2. The van der Waals surface area contributed by atoms with Gasteiger partial charge in [0.25, 0.3) is 0 Å². The summed E-state index contributed by atoms with van der Waals surface area (Å²) in [5, 5.41) is 6.85. The minimum atomic E-state index is 0.889. The summed E-state index contributed by atoms with van der Waals surface area (Å²) in [6.45, 7) is 3.12. The van der Waals surface area contributed by atoms with Gasteiger partial charge in [-0.1, -0.05) is 31.2 Å². The molecule has 1 aromatic heterocycles. The molecule has 0 bridgehead atoms. The molecule has 0 aliphatic rings. The van der Waals surface area contributed by atoms with E-state index in [1.54, 1.807) is 7.11 Å². The first-order valence-corrected chi connectivity index (χ1v) is 7.83. The van der Waals surface area contributed by atoms with E-state index in [-0.39, 0.29) is 0 Å². The van der Waals surface area contributed by atoms with Crippen molar-refractivity contribution in [3.05, 3.63) is 60.9 Å². The van der Waals surface area contributed by atoms with Gasteiger partial charge in [0.05, 0.1) is 19.0 Å². The van der Waals surface area contributed by atoms with Crippen molar-refractivity contribution >= 4 is 11.4 Å². The van der Waals surface area contributed by atoms with Gasteiger partial charge in [-0.05, 0) is 36.2 Å². The number of rotatable bonds is 6. The maximum absolute atomic E-state index is 5.52. The molecule has 4 heteroatoms. The molecule has 0 saturated carbocycles. The summed E-state index contributed by atoms with van der Waals surface area (Å²) in [6, 6.07) is 16.7. The number of nitrogens with zero attached hydrogens (tertiary/aromatic N) is 2. The fraction of sp³-hybridized carbons (Fsp3) is 0.211. The zero-order valence-electron chi connectivity index (χ0n) is 13.5. The van der Waals surface area contributed by atoms with Crippen molar-refractivity contribution in [2.45, 2.75) is 13.3 Å². The summed E-state index contributed by atoms with van der Waals surface area (Å²) in [5.41, 5.74) is 4.49. The van der Waals surface area contributed by atoms with Crippen LogP contribution in [-0.2, 0) is 0 Å². The first kappa shape index (κ1) is 15.2. The highest BCUT2D eigenvalue weighted by Gasteiger charge is 2.13. The number of ether oxygens (including phenoxy) is 1. The zero-order valence-corrected chi connectivity index (χ0v) is 13.5. The molecule has 0 amide bonds. The molecular formula is C19H21N3O. The van der Waals surface area contributed by atoms with Crippen LogP contribution in [0.2, 0.25) is 0 Å². The zero-order chi connectivity index (χ0) is 16.1. The molecule has 0 unspecified atom stereocenters. The Kier molecular flexibility index (Phi) is 4.62. The number of nitrogens with one attached hydrogen (secondary N) is 1. The number of hydrogen-bond acceptors (Lipinski definition) is 3. The van der Waals surface area contributed by atoms with E-state index in [1.807, 2.05) is 30.6 Å². The lowest BCUT2D eigenvalue weighted by Crippen LogP contribution is -2.18. The van der Waals surface area contributed by atoms with Crippen LogP contribution in [0.4, 0.5) is 11.4 Å². The van der Waals surface area contributed by atoms with Gasteiger partial charge in [0.1, 0.15) is 5.75 Å². The second kappa shape index (κ2) is 7.01. The van der Waals surface area contributed by atoms with Crippen LogP contribution in [0.3, 0.4) is 0 Å². The van der Waals surface area contributed by atoms with Crippen LogP contribution in [-0.4, -0.2) is 23.9 Å². The monoisotopic (exact) mass is 307 g/mol. The van der Waals surface area contributed by atoms with Crippen LogP contribution in [0.1, 0.15) is 13.3 Å². The van der Waals surface area contributed by atoms with Crippen LogP contribution in [0.5, 0.6) is 5.75 Å². The Morgan fingerprint density at radius 2 is 1.83 bits per heavy atom. The molecule has 0 aliphatic carbocycles. The SMILES string of the molecule is CCCN(c1ccc(-c2cn[nH]c2)cc1)c1ccccc1OC. The van der Waals surface area contributed by atoms with Crippen LogP contribution >= 0.6 is 0 Å². The summed E-state index contributed by atoms with van der Waals surface area (Å²) in [7, 11) is 1.71. The predicted octanol–water partition coefficient (Wildman–Crippen LogP) is 4.63. The molecular weight excluding hydrogens is 286 g/mol. The van der Waals surface area contributed by atoms with E-state index in [0.717, 1.165) is 41.2 Å². The average molecular weight is 307 g/mol. The summed E-state index contributed by atoms with van der Waals surface area (Å²) in [6.07, 6.45) is 4.79. The number of hydrogen-bond donors (Lipinski definition) is 1. The highest BCUT2D eigenvalue weighted by atomic mass is 16.5. The number of para-hydroxylation sites is 2. The van der Waals surface area contributed by atoms with Crippen LogP contribution < -0.4 is 9.64 Å². The van der Waals surface area contributed by atoms with E-state index in [1.165, 1.54) is 0 Å². The fourth-order valence-corrected chi connectivity index (χ4v) is 2.71. The first-order chi connectivity index (χ1) is 11.3. The number of aromatic amines is 1. The molecule has 0 atom stereocenters. The van der Waals surface area contributed by atoms with Crippen molar-refractivity contribution in [2.75, 3.05) is 18.6 Å². The molecule has 3 aromatic rings. The third-order valence-corrected chi connectivity index (χ3v) is 3.83. The summed E-state index contributed by atoms with van der Waals surface area (Å²) < 4.78 is 5.52. The van der Waals surface area contributed by atoms with E-state index in [0.29, 0.717) is 0 Å². The Bertz CT molecular complexity index is 736. The summed E-state index contributed by atoms with van der Waals surface area (Å²) in [4.78, 5) is 2.29. The molecule has 0 saturated heterocycles. The lowest BCUT2D eigenvalue weighted by molar-refractivity contribution is 0.415. The van der Waals surface area contributed by atoms with Crippen molar-refractivity contribution in [2.24, 2.45) is 0 Å². The molecule has 3 rings (SSSR count). The van der Waals surface area contributed by atoms with E-state index in [4.69, 9.17) is 4.74 Å². The second-order valence-electron chi connectivity index (χ2n) is 5.36. The third kappa shape index (κ3) is 3.21. The Morgan fingerprint density at radius 3 is 2.48 bits per heavy atom. The predicted molar refractivity (Wildman–Crippen MR) is 94.3 cm³/mol. The minimum absolute atomic E-state index is 0.889. The number of H-pyrrole nitrogens is 1. The van der Waals surface area contributed by atoms with Gasteiger partial charge < -0.3 is 9.64 Å². The quantitative estimate of drug-likeness (QED) is 0.721. The number of aromatic nitrogens is 2. The Labute approximate surface area is 136 Å². The highest BCUT2D eigenvalue weighted by Crippen LogP contribution is 2.34. The third-order valence-electron chi connectivity index (χ3n) is 3.83. The van der Waals surface area contributed by atoms with Crippen LogP contribution in [0.15, 0.2) is 60.9 Å². The molecule has 23 heavy (non-hydrogen) atoms. The van der Waals surface area contributed by atoms with E-state index >= 15 is 0 Å². The van der Waals surface area contributed by atoms with Gasteiger partial charge in [-0.3, -0.25) is 5.10 Å². The second-order valence-corrected chi connectivity index (χ2v) is 5.36. The molecule has 118 valence electrons. The number of anilines is 2. The van der Waals surface area contributed by atoms with Crippen molar-refractivity contribution < 1.29 is 4.74 Å². The average Bonchev–Trinajstić information content (AvgIpc) is 3.14. The van der Waals surface area contributed by atoms with Gasteiger partial charge in [0, 0.05) is 24.0 Å². The van der Waals surface area contributed by atoms with Gasteiger partial charge in [-0.15, -0.1) is 0 Å². The smallest absolute Gasteiger partial charge is 0.142 e. The minimum Gasteiger partial charge on any atom is -0.495 e. The van der Waals surface area contributed by atoms with Crippen molar-refractivity contribution in [3.8, 4) is 16.9 Å². The Morgan fingerprint density at radius 1 is 1.04 bits per heavy atom. The van der Waals surface area contributed by atoms with Crippen molar-refractivity contribution in [3.63, 3.8) is 0 Å². The van der Waals surface area contributed by atoms with Gasteiger partial charge in [0.15, 0.2) is 0 Å². The van der Waals surface area contributed by atoms with Crippen LogP contribution in [0, 0.1) is 0 Å². The van der Waals surface area contributed by atoms with Gasteiger partial charge >= 0.3 is 0 Å². The fourth-order valence-electron chi connectivity index (χ4n) is 2.71. The van der Waals surface area contributed by atoms with E-state index < -0.39 is 0 Å². The molecule has 0 fully saturated rings. The summed E-state index contributed by atoms with van der Waals surface area (Å²) >= 11 is 0. The van der Waals surface area contributed by atoms with Crippen molar-refractivity contribution in [1.29, 1.82) is 0 Å². The Hall–Kier alpha value is -2.75. The highest BCUT2D eigenvalue weighted by molar-refractivity contribution is 5.72. The molecule has 0 aliphatic heterocycles. The lowest BCUT2D eigenvalue weighted by atomic mass is 10.1. The maximum Gasteiger partial charge on any atom is 0.142 e. The topological polar surface area (TPSA) is 41.2 Å². The van der Waals surface area contributed by atoms with E-state index in [2.05, 4.69) is 52.4 Å².